The number of thioether (sulfide) groups is 1. The highest BCUT2D eigenvalue weighted by atomic mass is 32.2. The van der Waals surface area contributed by atoms with Crippen molar-refractivity contribution in [3.63, 3.8) is 0 Å². The summed E-state index contributed by atoms with van der Waals surface area (Å²) in [4.78, 5) is 0.402. The Morgan fingerprint density at radius 2 is 2.14 bits per heavy atom. The van der Waals surface area contributed by atoms with Crippen LogP contribution < -0.4 is 10.0 Å². The van der Waals surface area contributed by atoms with Gasteiger partial charge in [-0.2, -0.15) is 11.8 Å². The molecule has 0 amide bonds. The topological polar surface area (TPSA) is 58.2 Å². The van der Waals surface area contributed by atoms with Crippen LogP contribution in [0.5, 0.6) is 0 Å². The molecule has 1 aromatic rings. The van der Waals surface area contributed by atoms with Gasteiger partial charge in [0, 0.05) is 13.1 Å². The van der Waals surface area contributed by atoms with E-state index in [-0.39, 0.29) is 0 Å². The van der Waals surface area contributed by atoms with Gasteiger partial charge in [-0.1, -0.05) is 25.1 Å². The average molecular weight is 329 g/mol. The fourth-order valence-corrected chi connectivity index (χ4v) is 5.00. The number of rotatable bonds is 8. The van der Waals surface area contributed by atoms with Crippen molar-refractivity contribution in [1.29, 1.82) is 0 Å². The van der Waals surface area contributed by atoms with Gasteiger partial charge in [-0.05, 0) is 48.4 Å². The molecule has 0 aromatic heterocycles. The Hall–Kier alpha value is -0.560. The van der Waals surface area contributed by atoms with Gasteiger partial charge in [-0.15, -0.1) is 0 Å². The molecule has 1 aromatic carbocycles. The highest BCUT2D eigenvalue weighted by Gasteiger charge is 2.21. The van der Waals surface area contributed by atoms with Crippen LogP contribution in [0.4, 0.5) is 0 Å². The average Bonchev–Trinajstić information content (AvgIpc) is 2.99. The molecule has 118 valence electrons. The van der Waals surface area contributed by atoms with E-state index >= 15 is 0 Å². The number of hydrogen-bond donors (Lipinski definition) is 2. The zero-order valence-corrected chi connectivity index (χ0v) is 14.1. The summed E-state index contributed by atoms with van der Waals surface area (Å²) in [5, 5.41) is 3.27. The van der Waals surface area contributed by atoms with Gasteiger partial charge in [0.05, 0.1) is 4.90 Å². The molecule has 2 N–H and O–H groups in total. The predicted molar refractivity (Wildman–Crippen MR) is 89.1 cm³/mol. The molecule has 1 atom stereocenters. The normalized spacial score (nSPS) is 19.0. The highest BCUT2D eigenvalue weighted by Crippen LogP contribution is 2.23. The van der Waals surface area contributed by atoms with Crippen LogP contribution in [0, 0.1) is 5.92 Å². The van der Waals surface area contributed by atoms with Crippen molar-refractivity contribution >= 4 is 21.8 Å². The van der Waals surface area contributed by atoms with E-state index in [1.54, 1.807) is 12.1 Å². The van der Waals surface area contributed by atoms with Crippen LogP contribution in [0.25, 0.3) is 0 Å². The van der Waals surface area contributed by atoms with E-state index in [0.717, 1.165) is 36.5 Å². The van der Waals surface area contributed by atoms with Gasteiger partial charge in [-0.3, -0.25) is 0 Å². The highest BCUT2D eigenvalue weighted by molar-refractivity contribution is 7.99. The molecule has 1 unspecified atom stereocenters. The maximum atomic E-state index is 12.5. The fraction of sp³-hybridized carbons (Fsp3) is 0.600. The Morgan fingerprint density at radius 3 is 2.86 bits per heavy atom. The van der Waals surface area contributed by atoms with Crippen LogP contribution in [0.15, 0.2) is 29.2 Å². The van der Waals surface area contributed by atoms with Crippen LogP contribution in [0.1, 0.15) is 25.3 Å². The summed E-state index contributed by atoms with van der Waals surface area (Å²) in [7, 11) is -3.41. The van der Waals surface area contributed by atoms with E-state index in [9.17, 15) is 8.42 Å². The second kappa shape index (κ2) is 8.17. The summed E-state index contributed by atoms with van der Waals surface area (Å²) in [5.74, 6) is 2.67. The summed E-state index contributed by atoms with van der Waals surface area (Å²) in [6, 6.07) is 7.23. The minimum atomic E-state index is -3.41. The Kier molecular flexibility index (Phi) is 6.54. The third kappa shape index (κ3) is 4.98. The second-order valence-electron chi connectivity index (χ2n) is 5.37. The van der Waals surface area contributed by atoms with Crippen molar-refractivity contribution in [2.45, 2.75) is 31.2 Å². The van der Waals surface area contributed by atoms with Crippen LogP contribution in [0.2, 0.25) is 0 Å². The molecule has 0 spiro atoms. The minimum Gasteiger partial charge on any atom is -0.313 e. The molecule has 1 saturated heterocycles. The summed E-state index contributed by atoms with van der Waals surface area (Å²) in [5.41, 5.74) is 0.833. The first-order chi connectivity index (χ1) is 10.1. The molecule has 1 aliphatic heterocycles. The summed E-state index contributed by atoms with van der Waals surface area (Å²) in [6.07, 6.45) is 2.14. The van der Waals surface area contributed by atoms with E-state index in [1.165, 1.54) is 0 Å². The number of hydrogen-bond acceptors (Lipinski definition) is 4. The number of benzene rings is 1. The summed E-state index contributed by atoms with van der Waals surface area (Å²) < 4.78 is 27.8. The van der Waals surface area contributed by atoms with E-state index in [0.29, 0.717) is 23.9 Å². The first-order valence-corrected chi connectivity index (χ1v) is 10.1. The molecule has 6 heteroatoms. The first kappa shape index (κ1) is 16.8. The van der Waals surface area contributed by atoms with Crippen LogP contribution in [0.3, 0.4) is 0 Å². The standard InChI is InChI=1S/C15H24N2O2S2/c1-2-8-16-11-14-5-3-4-6-15(14)21(18,19)17-10-13-7-9-20-12-13/h3-6,13,16-17H,2,7-12H2,1H3. The quantitative estimate of drug-likeness (QED) is 0.719. The molecule has 1 aliphatic rings. The van der Waals surface area contributed by atoms with Gasteiger partial charge >= 0.3 is 0 Å². The smallest absolute Gasteiger partial charge is 0.240 e. The minimum absolute atomic E-state index is 0.402. The maximum absolute atomic E-state index is 12.5. The van der Waals surface area contributed by atoms with Crippen molar-refractivity contribution in [1.82, 2.24) is 10.0 Å². The van der Waals surface area contributed by atoms with E-state index < -0.39 is 10.0 Å². The number of sulfonamides is 1. The van der Waals surface area contributed by atoms with Crippen LogP contribution in [-0.2, 0) is 16.6 Å². The zero-order chi connectivity index (χ0) is 15.1. The molecule has 21 heavy (non-hydrogen) atoms. The van der Waals surface area contributed by atoms with Gasteiger partial charge < -0.3 is 5.32 Å². The summed E-state index contributed by atoms with van der Waals surface area (Å²) in [6.45, 7) is 4.12. The maximum Gasteiger partial charge on any atom is 0.240 e. The molecular formula is C15H24N2O2S2. The third-order valence-corrected chi connectivity index (χ3v) is 6.35. The summed E-state index contributed by atoms with van der Waals surface area (Å²) >= 11 is 1.90. The molecule has 4 nitrogen and oxygen atoms in total. The molecular weight excluding hydrogens is 304 g/mol. The van der Waals surface area contributed by atoms with E-state index in [4.69, 9.17) is 0 Å². The molecule has 1 fully saturated rings. The zero-order valence-electron chi connectivity index (χ0n) is 12.5. The molecule has 1 heterocycles. The largest absolute Gasteiger partial charge is 0.313 e. The Bertz CT molecular complexity index is 540. The lowest BCUT2D eigenvalue weighted by Gasteiger charge is -2.14. The van der Waals surface area contributed by atoms with Crippen LogP contribution >= 0.6 is 11.8 Å². The SMILES string of the molecule is CCCNCc1ccccc1S(=O)(=O)NCC1CCSC1. The molecule has 0 aliphatic carbocycles. The molecule has 0 saturated carbocycles. The monoisotopic (exact) mass is 328 g/mol. The van der Waals surface area contributed by atoms with E-state index in [1.807, 2.05) is 23.9 Å². The molecule has 0 radical (unpaired) electrons. The van der Waals surface area contributed by atoms with Crippen molar-refractivity contribution in [3.8, 4) is 0 Å². The van der Waals surface area contributed by atoms with Crippen LogP contribution in [-0.4, -0.2) is 33.0 Å². The molecule has 2 rings (SSSR count). The van der Waals surface area contributed by atoms with Crippen molar-refractivity contribution in [2.75, 3.05) is 24.6 Å². The lowest BCUT2D eigenvalue weighted by Crippen LogP contribution is -2.30. The van der Waals surface area contributed by atoms with Crippen molar-refractivity contribution < 1.29 is 8.42 Å². The predicted octanol–water partition coefficient (Wildman–Crippen LogP) is 2.22. The van der Waals surface area contributed by atoms with Gasteiger partial charge in [-0.25, -0.2) is 13.1 Å². The number of nitrogens with one attached hydrogen (secondary N) is 2. The van der Waals surface area contributed by atoms with Crippen molar-refractivity contribution in [3.05, 3.63) is 29.8 Å². The lowest BCUT2D eigenvalue weighted by atomic mass is 10.1. The van der Waals surface area contributed by atoms with Gasteiger partial charge in [0.2, 0.25) is 10.0 Å². The Morgan fingerprint density at radius 1 is 1.33 bits per heavy atom. The Labute approximate surface area is 132 Å². The van der Waals surface area contributed by atoms with E-state index in [2.05, 4.69) is 17.0 Å². The van der Waals surface area contributed by atoms with Crippen molar-refractivity contribution in [2.24, 2.45) is 5.92 Å². The Balaban J connectivity index is 2.03. The lowest BCUT2D eigenvalue weighted by molar-refractivity contribution is 0.544. The fourth-order valence-electron chi connectivity index (χ4n) is 2.36. The second-order valence-corrected chi connectivity index (χ2v) is 8.25. The van der Waals surface area contributed by atoms with Gasteiger partial charge in [0.15, 0.2) is 0 Å². The third-order valence-electron chi connectivity index (χ3n) is 3.59. The first-order valence-electron chi connectivity index (χ1n) is 7.49. The van der Waals surface area contributed by atoms with Gasteiger partial charge in [0.25, 0.3) is 0 Å². The van der Waals surface area contributed by atoms with Gasteiger partial charge in [0.1, 0.15) is 0 Å². The molecule has 0 bridgehead atoms.